The van der Waals surface area contributed by atoms with Crippen LogP contribution in [0.4, 0.5) is 5.69 Å². The molecule has 0 unspecified atom stereocenters. The maximum Gasteiger partial charge on any atom is 0.163 e. The van der Waals surface area contributed by atoms with Gasteiger partial charge < -0.3 is 5.73 Å². The average Bonchev–Trinajstić information content (AvgIpc) is 2.18. The Morgan fingerprint density at radius 1 is 1.47 bits per heavy atom. The van der Waals surface area contributed by atoms with Gasteiger partial charge in [0.1, 0.15) is 0 Å². The van der Waals surface area contributed by atoms with Crippen molar-refractivity contribution in [3.05, 3.63) is 40.9 Å². The molecule has 0 aliphatic carbocycles. The second kappa shape index (κ2) is 4.99. The Kier molecular flexibility index (Phi) is 3.92. The lowest BCUT2D eigenvalue weighted by Gasteiger charge is -2.03. The van der Waals surface area contributed by atoms with E-state index in [0.29, 0.717) is 29.1 Å². The first-order valence-corrected chi connectivity index (χ1v) is 5.11. The number of anilines is 1. The summed E-state index contributed by atoms with van der Waals surface area (Å²) in [6, 6.07) is 4.95. The Hall–Kier alpha value is -1.28. The van der Waals surface area contributed by atoms with Crippen LogP contribution in [-0.4, -0.2) is 5.78 Å². The van der Waals surface area contributed by atoms with E-state index in [1.165, 1.54) is 0 Å². The summed E-state index contributed by atoms with van der Waals surface area (Å²) in [4.78, 5) is 11.7. The monoisotopic (exact) mass is 223 g/mol. The zero-order valence-corrected chi connectivity index (χ0v) is 9.47. The van der Waals surface area contributed by atoms with Gasteiger partial charge in [0.05, 0.1) is 10.7 Å². The molecule has 0 atom stereocenters. The lowest BCUT2D eigenvalue weighted by Crippen LogP contribution is -2.00. The third-order valence-electron chi connectivity index (χ3n) is 2.10. The fourth-order valence-corrected chi connectivity index (χ4v) is 1.35. The molecule has 0 aliphatic rings. The summed E-state index contributed by atoms with van der Waals surface area (Å²) in [6.45, 7) is 5.66. The second-order valence-electron chi connectivity index (χ2n) is 3.62. The number of benzene rings is 1. The number of nitrogens with two attached hydrogens (primary N) is 1. The lowest BCUT2D eigenvalue weighted by atomic mass is 10.0. The lowest BCUT2D eigenvalue weighted by molar-refractivity contribution is 0.0983. The standard InChI is InChI=1S/C12H14ClNO/c1-8(2)3-6-12(15)9-4-5-11(14)10(13)7-9/h4-5,7H,1,3,6,14H2,2H3. The van der Waals surface area contributed by atoms with Crippen molar-refractivity contribution in [3.63, 3.8) is 0 Å². The van der Waals surface area contributed by atoms with Crippen molar-refractivity contribution in [3.8, 4) is 0 Å². The van der Waals surface area contributed by atoms with Gasteiger partial charge in [-0.3, -0.25) is 4.79 Å². The fourth-order valence-electron chi connectivity index (χ4n) is 1.17. The maximum absolute atomic E-state index is 11.7. The van der Waals surface area contributed by atoms with Crippen LogP contribution in [0, 0.1) is 0 Å². The minimum absolute atomic E-state index is 0.0694. The molecule has 0 fully saturated rings. The molecule has 3 heteroatoms. The van der Waals surface area contributed by atoms with Crippen molar-refractivity contribution in [1.29, 1.82) is 0 Å². The predicted molar refractivity (Wildman–Crippen MR) is 64.2 cm³/mol. The van der Waals surface area contributed by atoms with Gasteiger partial charge in [-0.05, 0) is 31.5 Å². The van der Waals surface area contributed by atoms with Crippen molar-refractivity contribution < 1.29 is 4.79 Å². The van der Waals surface area contributed by atoms with Crippen LogP contribution in [0.1, 0.15) is 30.1 Å². The first kappa shape index (κ1) is 11.8. The van der Waals surface area contributed by atoms with E-state index in [1.807, 2.05) is 6.92 Å². The smallest absolute Gasteiger partial charge is 0.163 e. The summed E-state index contributed by atoms with van der Waals surface area (Å²) in [7, 11) is 0. The van der Waals surface area contributed by atoms with Crippen LogP contribution in [-0.2, 0) is 0 Å². The molecule has 0 radical (unpaired) electrons. The third kappa shape index (κ3) is 3.40. The SMILES string of the molecule is C=C(C)CCC(=O)c1ccc(N)c(Cl)c1. The largest absolute Gasteiger partial charge is 0.398 e. The van der Waals surface area contributed by atoms with E-state index < -0.39 is 0 Å². The molecule has 0 aliphatic heterocycles. The Labute approximate surface area is 94.7 Å². The summed E-state index contributed by atoms with van der Waals surface area (Å²) in [5.41, 5.74) is 7.66. The molecule has 1 aromatic rings. The first-order valence-electron chi connectivity index (χ1n) is 4.73. The second-order valence-corrected chi connectivity index (χ2v) is 4.02. The third-order valence-corrected chi connectivity index (χ3v) is 2.43. The Morgan fingerprint density at radius 2 is 2.13 bits per heavy atom. The van der Waals surface area contributed by atoms with E-state index in [1.54, 1.807) is 18.2 Å². The highest BCUT2D eigenvalue weighted by Crippen LogP contribution is 2.21. The number of hydrogen-bond donors (Lipinski definition) is 1. The quantitative estimate of drug-likeness (QED) is 0.483. The van der Waals surface area contributed by atoms with Crippen molar-refractivity contribution >= 4 is 23.1 Å². The zero-order chi connectivity index (χ0) is 11.4. The van der Waals surface area contributed by atoms with Gasteiger partial charge in [0.25, 0.3) is 0 Å². The Balaban J connectivity index is 2.74. The number of carbonyl (C=O) groups excluding carboxylic acids is 1. The molecule has 2 N–H and O–H groups in total. The molecule has 0 aromatic heterocycles. The van der Waals surface area contributed by atoms with Crippen LogP contribution in [0.2, 0.25) is 5.02 Å². The number of allylic oxidation sites excluding steroid dienone is 1. The Morgan fingerprint density at radius 3 is 2.67 bits per heavy atom. The van der Waals surface area contributed by atoms with Gasteiger partial charge in [0.15, 0.2) is 5.78 Å². The molecule has 0 amide bonds. The van der Waals surface area contributed by atoms with Crippen molar-refractivity contribution in [2.24, 2.45) is 0 Å². The van der Waals surface area contributed by atoms with Gasteiger partial charge in [0, 0.05) is 12.0 Å². The highest BCUT2D eigenvalue weighted by molar-refractivity contribution is 6.33. The summed E-state index contributed by atoms with van der Waals surface area (Å²) in [5, 5.41) is 0.427. The number of halogens is 1. The number of ketones is 1. The first-order chi connectivity index (χ1) is 7.00. The summed E-state index contributed by atoms with van der Waals surface area (Å²) < 4.78 is 0. The molecule has 1 rings (SSSR count). The molecule has 0 spiro atoms. The van der Waals surface area contributed by atoms with E-state index in [2.05, 4.69) is 6.58 Å². The average molecular weight is 224 g/mol. The summed E-state index contributed by atoms with van der Waals surface area (Å²) in [5.74, 6) is 0.0694. The van der Waals surface area contributed by atoms with Crippen molar-refractivity contribution in [2.75, 3.05) is 5.73 Å². The van der Waals surface area contributed by atoms with E-state index in [9.17, 15) is 4.79 Å². The highest BCUT2D eigenvalue weighted by Gasteiger charge is 2.07. The normalized spacial score (nSPS) is 10.0. The maximum atomic E-state index is 11.7. The highest BCUT2D eigenvalue weighted by atomic mass is 35.5. The molecule has 0 heterocycles. The molecule has 15 heavy (non-hydrogen) atoms. The number of Topliss-reactive ketones (excluding diaryl/α,β-unsaturated/α-hetero) is 1. The van der Waals surface area contributed by atoms with Crippen LogP contribution in [0.25, 0.3) is 0 Å². The van der Waals surface area contributed by atoms with E-state index in [4.69, 9.17) is 17.3 Å². The van der Waals surface area contributed by atoms with E-state index >= 15 is 0 Å². The molecular formula is C12H14ClNO. The number of hydrogen-bond acceptors (Lipinski definition) is 2. The zero-order valence-electron chi connectivity index (χ0n) is 8.72. The van der Waals surface area contributed by atoms with Gasteiger partial charge >= 0.3 is 0 Å². The summed E-state index contributed by atoms with van der Waals surface area (Å²) in [6.07, 6.45) is 1.18. The number of carbonyl (C=O) groups is 1. The van der Waals surface area contributed by atoms with Crippen LogP contribution >= 0.6 is 11.6 Å². The van der Waals surface area contributed by atoms with Crippen molar-refractivity contribution in [1.82, 2.24) is 0 Å². The molecular weight excluding hydrogens is 210 g/mol. The molecule has 80 valence electrons. The van der Waals surface area contributed by atoms with Gasteiger partial charge in [-0.2, -0.15) is 0 Å². The van der Waals surface area contributed by atoms with Crippen LogP contribution in [0.5, 0.6) is 0 Å². The number of nitrogen functional groups attached to an aromatic ring is 1. The van der Waals surface area contributed by atoms with Crippen molar-refractivity contribution in [2.45, 2.75) is 19.8 Å². The topological polar surface area (TPSA) is 43.1 Å². The molecule has 0 saturated carbocycles. The Bertz CT molecular complexity index is 399. The van der Waals surface area contributed by atoms with Gasteiger partial charge in [0.2, 0.25) is 0 Å². The number of rotatable bonds is 4. The molecule has 2 nitrogen and oxygen atoms in total. The van der Waals surface area contributed by atoms with Crippen LogP contribution in [0.3, 0.4) is 0 Å². The summed E-state index contributed by atoms with van der Waals surface area (Å²) >= 11 is 5.83. The van der Waals surface area contributed by atoms with Crippen LogP contribution < -0.4 is 5.73 Å². The predicted octanol–water partition coefficient (Wildman–Crippen LogP) is 3.46. The van der Waals surface area contributed by atoms with E-state index in [0.717, 1.165) is 5.57 Å². The molecule has 0 saturated heterocycles. The fraction of sp³-hybridized carbons (Fsp3) is 0.250. The molecule has 1 aromatic carbocycles. The minimum atomic E-state index is 0.0694. The van der Waals surface area contributed by atoms with Gasteiger partial charge in [-0.1, -0.05) is 17.2 Å². The van der Waals surface area contributed by atoms with E-state index in [-0.39, 0.29) is 5.78 Å². The van der Waals surface area contributed by atoms with Gasteiger partial charge in [-0.25, -0.2) is 0 Å². The minimum Gasteiger partial charge on any atom is -0.398 e. The van der Waals surface area contributed by atoms with Gasteiger partial charge in [-0.15, -0.1) is 6.58 Å². The van der Waals surface area contributed by atoms with Crippen LogP contribution in [0.15, 0.2) is 30.4 Å². The molecule has 0 bridgehead atoms.